The Kier molecular flexibility index (Phi) is 5.79. The molecule has 2 N–H and O–H groups in total. The van der Waals surface area contributed by atoms with Crippen LogP contribution in [0.15, 0.2) is 54.6 Å². The number of rotatable bonds is 5. The average Bonchev–Trinajstić information content (AvgIpc) is 2.70. The molecule has 3 rings (SSSR count). The second-order valence-corrected chi connectivity index (χ2v) is 7.68. The van der Waals surface area contributed by atoms with Crippen LogP contribution in [0.1, 0.15) is 31.0 Å². The Balaban J connectivity index is 1.70. The fraction of sp³-hybridized carbons (Fsp3) is 0.364. The predicted octanol–water partition coefficient (Wildman–Crippen LogP) is 2.47. The SMILES string of the molecule is CC(C)(C(=O)N1CCN(C(C(N)=O)c2ccc(F)cc2)CC1)c1ccccc1. The monoisotopic (exact) mass is 383 g/mol. The Bertz CT molecular complexity index is 829. The van der Waals surface area contributed by atoms with Crippen molar-refractivity contribution in [2.24, 2.45) is 5.73 Å². The fourth-order valence-electron chi connectivity index (χ4n) is 3.76. The van der Waals surface area contributed by atoms with Crippen molar-refractivity contribution >= 4 is 11.8 Å². The first kappa shape index (κ1) is 20.0. The minimum atomic E-state index is -0.625. The number of piperazine rings is 1. The van der Waals surface area contributed by atoms with E-state index in [1.54, 1.807) is 12.1 Å². The highest BCUT2D eigenvalue weighted by Crippen LogP contribution is 2.28. The van der Waals surface area contributed by atoms with Crippen LogP contribution in [0.25, 0.3) is 0 Å². The number of nitrogens with two attached hydrogens (primary N) is 1. The Morgan fingerprint density at radius 2 is 1.54 bits per heavy atom. The molecule has 28 heavy (non-hydrogen) atoms. The van der Waals surface area contributed by atoms with Crippen LogP contribution in [0.4, 0.5) is 4.39 Å². The van der Waals surface area contributed by atoms with E-state index in [9.17, 15) is 14.0 Å². The summed E-state index contributed by atoms with van der Waals surface area (Å²) < 4.78 is 13.2. The van der Waals surface area contributed by atoms with Gasteiger partial charge in [0.05, 0.1) is 5.41 Å². The third-order valence-electron chi connectivity index (χ3n) is 5.45. The Morgan fingerprint density at radius 3 is 2.07 bits per heavy atom. The summed E-state index contributed by atoms with van der Waals surface area (Å²) in [7, 11) is 0. The lowest BCUT2D eigenvalue weighted by molar-refractivity contribution is -0.139. The summed E-state index contributed by atoms with van der Waals surface area (Å²) in [5, 5.41) is 0. The first-order valence-corrected chi connectivity index (χ1v) is 9.44. The molecule has 6 heteroatoms. The highest BCUT2D eigenvalue weighted by atomic mass is 19.1. The first-order valence-electron chi connectivity index (χ1n) is 9.44. The van der Waals surface area contributed by atoms with E-state index in [1.807, 2.05) is 54.0 Å². The van der Waals surface area contributed by atoms with Crippen LogP contribution < -0.4 is 5.73 Å². The lowest BCUT2D eigenvalue weighted by Gasteiger charge is -2.41. The van der Waals surface area contributed by atoms with Crippen LogP contribution in [-0.2, 0) is 15.0 Å². The van der Waals surface area contributed by atoms with Gasteiger partial charge in [-0.05, 0) is 37.1 Å². The standard InChI is InChI=1S/C22H26FN3O2/c1-22(2,17-6-4-3-5-7-17)21(28)26-14-12-25(13-15-26)19(20(24)27)16-8-10-18(23)11-9-16/h3-11,19H,12-15H2,1-2H3,(H2,24,27). The van der Waals surface area contributed by atoms with Crippen molar-refractivity contribution in [3.05, 3.63) is 71.5 Å². The molecule has 148 valence electrons. The quantitative estimate of drug-likeness (QED) is 0.863. The number of hydrogen-bond acceptors (Lipinski definition) is 3. The number of halogens is 1. The molecule has 0 saturated carbocycles. The van der Waals surface area contributed by atoms with E-state index in [-0.39, 0.29) is 11.7 Å². The largest absolute Gasteiger partial charge is 0.368 e. The normalized spacial score (nSPS) is 16.6. The first-order chi connectivity index (χ1) is 13.3. The van der Waals surface area contributed by atoms with Crippen molar-refractivity contribution in [3.63, 3.8) is 0 Å². The number of carbonyl (C=O) groups is 2. The van der Waals surface area contributed by atoms with Crippen molar-refractivity contribution in [2.75, 3.05) is 26.2 Å². The van der Waals surface area contributed by atoms with Gasteiger partial charge in [0.1, 0.15) is 11.9 Å². The van der Waals surface area contributed by atoms with E-state index < -0.39 is 17.4 Å². The molecule has 0 aliphatic carbocycles. The van der Waals surface area contributed by atoms with Gasteiger partial charge in [-0.1, -0.05) is 42.5 Å². The van der Waals surface area contributed by atoms with E-state index >= 15 is 0 Å². The highest BCUT2D eigenvalue weighted by Gasteiger charge is 2.37. The molecule has 1 heterocycles. The van der Waals surface area contributed by atoms with Crippen LogP contribution >= 0.6 is 0 Å². The Hall–Kier alpha value is -2.73. The topological polar surface area (TPSA) is 66.6 Å². The molecular formula is C22H26FN3O2. The summed E-state index contributed by atoms with van der Waals surface area (Å²) in [4.78, 5) is 29.0. The maximum absolute atomic E-state index is 13.2. The smallest absolute Gasteiger partial charge is 0.239 e. The number of amides is 2. The van der Waals surface area contributed by atoms with Crippen molar-refractivity contribution < 1.29 is 14.0 Å². The molecule has 0 bridgehead atoms. The van der Waals surface area contributed by atoms with E-state index in [0.717, 1.165) is 5.56 Å². The number of carbonyl (C=O) groups excluding carboxylic acids is 2. The zero-order valence-corrected chi connectivity index (χ0v) is 16.3. The van der Waals surface area contributed by atoms with Crippen LogP contribution in [0, 0.1) is 5.82 Å². The molecule has 0 spiro atoms. The summed E-state index contributed by atoms with van der Waals surface area (Å²) in [5.41, 5.74) is 6.64. The van der Waals surface area contributed by atoms with Gasteiger partial charge in [-0.15, -0.1) is 0 Å². The average molecular weight is 383 g/mol. The molecule has 1 saturated heterocycles. The van der Waals surface area contributed by atoms with Crippen LogP contribution in [0.3, 0.4) is 0 Å². The summed E-state index contributed by atoms with van der Waals surface area (Å²) in [6, 6.07) is 14.9. The molecule has 0 aromatic heterocycles. The minimum absolute atomic E-state index is 0.0655. The molecule has 0 radical (unpaired) electrons. The molecule has 1 fully saturated rings. The van der Waals surface area contributed by atoms with E-state index in [1.165, 1.54) is 12.1 Å². The van der Waals surface area contributed by atoms with Gasteiger partial charge in [0.15, 0.2) is 0 Å². The minimum Gasteiger partial charge on any atom is -0.368 e. The molecule has 5 nitrogen and oxygen atoms in total. The van der Waals surface area contributed by atoms with Crippen LogP contribution in [-0.4, -0.2) is 47.8 Å². The molecule has 1 aliphatic heterocycles. The van der Waals surface area contributed by atoms with E-state index in [0.29, 0.717) is 31.7 Å². The Labute approximate surface area is 164 Å². The van der Waals surface area contributed by atoms with Gasteiger partial charge in [0, 0.05) is 26.2 Å². The van der Waals surface area contributed by atoms with Gasteiger partial charge in [-0.2, -0.15) is 0 Å². The summed E-state index contributed by atoms with van der Waals surface area (Å²) in [5.74, 6) is -0.766. The molecule has 2 aromatic carbocycles. The van der Waals surface area contributed by atoms with Gasteiger partial charge in [-0.25, -0.2) is 4.39 Å². The van der Waals surface area contributed by atoms with Crippen molar-refractivity contribution in [1.82, 2.24) is 9.80 Å². The maximum Gasteiger partial charge on any atom is 0.239 e. The van der Waals surface area contributed by atoms with E-state index in [4.69, 9.17) is 5.73 Å². The predicted molar refractivity (Wildman–Crippen MR) is 106 cm³/mol. The van der Waals surface area contributed by atoms with Gasteiger partial charge < -0.3 is 10.6 Å². The van der Waals surface area contributed by atoms with Gasteiger partial charge in [0.2, 0.25) is 11.8 Å². The number of primary amides is 1. The lowest BCUT2D eigenvalue weighted by Crippen LogP contribution is -2.55. The van der Waals surface area contributed by atoms with Crippen molar-refractivity contribution in [3.8, 4) is 0 Å². The molecule has 1 atom stereocenters. The second-order valence-electron chi connectivity index (χ2n) is 7.68. The highest BCUT2D eigenvalue weighted by molar-refractivity contribution is 5.87. The molecule has 2 amide bonds. The van der Waals surface area contributed by atoms with Crippen LogP contribution in [0.2, 0.25) is 0 Å². The molecular weight excluding hydrogens is 357 g/mol. The van der Waals surface area contributed by atoms with Gasteiger partial charge in [-0.3, -0.25) is 14.5 Å². The maximum atomic E-state index is 13.2. The molecule has 1 unspecified atom stereocenters. The van der Waals surface area contributed by atoms with E-state index in [2.05, 4.69) is 0 Å². The third kappa shape index (κ3) is 4.07. The molecule has 1 aliphatic rings. The molecule has 2 aromatic rings. The lowest BCUT2D eigenvalue weighted by atomic mass is 9.83. The van der Waals surface area contributed by atoms with Crippen LogP contribution in [0.5, 0.6) is 0 Å². The Morgan fingerprint density at radius 1 is 0.964 bits per heavy atom. The van der Waals surface area contributed by atoms with Crippen molar-refractivity contribution in [1.29, 1.82) is 0 Å². The van der Waals surface area contributed by atoms with Gasteiger partial charge >= 0.3 is 0 Å². The zero-order chi connectivity index (χ0) is 20.3. The number of hydrogen-bond donors (Lipinski definition) is 1. The number of benzene rings is 2. The third-order valence-corrected chi connectivity index (χ3v) is 5.45. The zero-order valence-electron chi connectivity index (χ0n) is 16.3. The summed E-state index contributed by atoms with van der Waals surface area (Å²) in [6.07, 6.45) is 0. The van der Waals surface area contributed by atoms with Gasteiger partial charge in [0.25, 0.3) is 0 Å². The summed E-state index contributed by atoms with van der Waals surface area (Å²) >= 11 is 0. The summed E-state index contributed by atoms with van der Waals surface area (Å²) in [6.45, 7) is 5.95. The fourth-order valence-corrected chi connectivity index (χ4v) is 3.76. The second kappa shape index (κ2) is 8.10. The number of nitrogens with zero attached hydrogens (tertiary/aromatic N) is 2. The van der Waals surface area contributed by atoms with Crippen molar-refractivity contribution in [2.45, 2.75) is 25.3 Å².